The summed E-state index contributed by atoms with van der Waals surface area (Å²) >= 11 is 0. The Morgan fingerprint density at radius 2 is 1.68 bits per heavy atom. The highest BCUT2D eigenvalue weighted by atomic mass is 14.9. The summed E-state index contributed by atoms with van der Waals surface area (Å²) in [7, 11) is 0. The molecule has 0 aliphatic carbocycles. The van der Waals surface area contributed by atoms with Crippen molar-refractivity contribution in [2.75, 3.05) is 11.9 Å². The lowest BCUT2D eigenvalue weighted by Crippen LogP contribution is -2.10. The molecule has 1 heteroatoms. The Morgan fingerprint density at radius 1 is 0.947 bits per heavy atom. The van der Waals surface area contributed by atoms with E-state index in [1.165, 1.54) is 27.9 Å². The predicted octanol–water partition coefficient (Wildman–Crippen LogP) is 4.62. The Balaban J connectivity index is 2.02. The van der Waals surface area contributed by atoms with Crippen molar-refractivity contribution < 1.29 is 0 Å². The Morgan fingerprint density at radius 3 is 2.37 bits per heavy atom. The number of fused-ring (bicyclic) bond motifs is 1. The van der Waals surface area contributed by atoms with Crippen LogP contribution in [0.1, 0.15) is 31.9 Å². The van der Waals surface area contributed by atoms with E-state index in [2.05, 4.69) is 68.6 Å². The molecule has 0 saturated heterocycles. The maximum Gasteiger partial charge on any atom is 0.0379 e. The molecule has 0 fully saturated rings. The molecule has 19 heavy (non-hydrogen) atoms. The molecule has 2 aromatic rings. The smallest absolute Gasteiger partial charge is 0.0379 e. The maximum atomic E-state index is 3.45. The van der Waals surface area contributed by atoms with Crippen LogP contribution in [0.25, 0.3) is 11.1 Å². The van der Waals surface area contributed by atoms with Gasteiger partial charge >= 0.3 is 0 Å². The lowest BCUT2D eigenvalue weighted by molar-refractivity contribution is 0.590. The van der Waals surface area contributed by atoms with E-state index in [4.69, 9.17) is 0 Å². The van der Waals surface area contributed by atoms with Crippen LogP contribution in [0.3, 0.4) is 0 Å². The number of benzene rings is 2. The first kappa shape index (κ1) is 12.3. The molecule has 0 bridgehead atoms. The Kier molecular flexibility index (Phi) is 2.85. The van der Waals surface area contributed by atoms with Crippen molar-refractivity contribution in [2.45, 2.75) is 32.6 Å². The van der Waals surface area contributed by atoms with Crippen molar-refractivity contribution in [3.8, 4) is 11.1 Å². The van der Waals surface area contributed by atoms with Gasteiger partial charge in [0, 0.05) is 12.2 Å². The predicted molar refractivity (Wildman–Crippen MR) is 82.8 cm³/mol. The lowest BCUT2D eigenvalue weighted by atomic mass is 9.86. The summed E-state index contributed by atoms with van der Waals surface area (Å²) in [5.41, 5.74) is 7.08. The van der Waals surface area contributed by atoms with Gasteiger partial charge in [0.2, 0.25) is 0 Å². The van der Waals surface area contributed by atoms with Gasteiger partial charge in [0.05, 0.1) is 0 Å². The highest BCUT2D eigenvalue weighted by Gasteiger charge is 2.16. The zero-order valence-electron chi connectivity index (χ0n) is 12.0. The van der Waals surface area contributed by atoms with Crippen molar-refractivity contribution >= 4 is 5.69 Å². The molecule has 0 radical (unpaired) electrons. The summed E-state index contributed by atoms with van der Waals surface area (Å²) in [5.74, 6) is 0. The van der Waals surface area contributed by atoms with E-state index in [-0.39, 0.29) is 5.41 Å². The minimum absolute atomic E-state index is 0.221. The van der Waals surface area contributed by atoms with E-state index in [1.807, 2.05) is 0 Å². The van der Waals surface area contributed by atoms with E-state index < -0.39 is 0 Å². The SMILES string of the molecule is CC(C)(C)c1ccc(-c2cccc3c2CCN3)cc1. The molecule has 0 spiro atoms. The molecule has 1 nitrogen and oxygen atoms in total. The largest absolute Gasteiger partial charge is 0.384 e. The van der Waals surface area contributed by atoms with Gasteiger partial charge in [0.1, 0.15) is 0 Å². The minimum Gasteiger partial charge on any atom is -0.384 e. The summed E-state index contributed by atoms with van der Waals surface area (Å²) < 4.78 is 0. The second-order valence-corrected chi connectivity index (χ2v) is 6.34. The first-order valence-corrected chi connectivity index (χ1v) is 7.02. The van der Waals surface area contributed by atoms with Crippen molar-refractivity contribution in [3.05, 3.63) is 53.6 Å². The monoisotopic (exact) mass is 251 g/mol. The van der Waals surface area contributed by atoms with Crippen LogP contribution in [-0.4, -0.2) is 6.54 Å². The van der Waals surface area contributed by atoms with Gasteiger partial charge in [-0.2, -0.15) is 0 Å². The average Bonchev–Trinajstić information content (AvgIpc) is 2.86. The van der Waals surface area contributed by atoms with Crippen LogP contribution in [0.15, 0.2) is 42.5 Å². The maximum absolute atomic E-state index is 3.45. The Hall–Kier alpha value is -1.76. The Labute approximate surface area is 115 Å². The van der Waals surface area contributed by atoms with Crippen molar-refractivity contribution in [1.29, 1.82) is 0 Å². The summed E-state index contributed by atoms with van der Waals surface area (Å²) in [6, 6.07) is 15.6. The summed E-state index contributed by atoms with van der Waals surface area (Å²) in [6.07, 6.45) is 1.13. The third kappa shape index (κ3) is 2.25. The molecule has 1 heterocycles. The molecule has 0 atom stereocenters. The third-order valence-corrected chi connectivity index (χ3v) is 3.93. The van der Waals surface area contributed by atoms with Gasteiger partial charge in [-0.1, -0.05) is 57.2 Å². The van der Waals surface area contributed by atoms with Gasteiger partial charge in [-0.3, -0.25) is 0 Å². The van der Waals surface area contributed by atoms with Crippen molar-refractivity contribution in [2.24, 2.45) is 0 Å². The fraction of sp³-hybridized carbons (Fsp3) is 0.333. The zero-order chi connectivity index (χ0) is 13.5. The van der Waals surface area contributed by atoms with Gasteiger partial charge in [-0.25, -0.2) is 0 Å². The van der Waals surface area contributed by atoms with E-state index in [1.54, 1.807) is 0 Å². The van der Waals surface area contributed by atoms with Gasteiger partial charge in [-0.05, 0) is 40.2 Å². The normalized spacial score (nSPS) is 14.1. The van der Waals surface area contributed by atoms with Gasteiger partial charge in [0.25, 0.3) is 0 Å². The number of nitrogens with one attached hydrogen (secondary N) is 1. The van der Waals surface area contributed by atoms with Crippen LogP contribution < -0.4 is 5.32 Å². The van der Waals surface area contributed by atoms with Crippen molar-refractivity contribution in [1.82, 2.24) is 0 Å². The van der Waals surface area contributed by atoms with E-state index in [0.29, 0.717) is 0 Å². The van der Waals surface area contributed by atoms with Crippen LogP contribution in [0.4, 0.5) is 5.69 Å². The molecule has 1 aliphatic rings. The van der Waals surface area contributed by atoms with Crippen LogP contribution in [0, 0.1) is 0 Å². The first-order valence-electron chi connectivity index (χ1n) is 7.02. The molecule has 2 aromatic carbocycles. The van der Waals surface area contributed by atoms with Gasteiger partial charge in [-0.15, -0.1) is 0 Å². The second kappa shape index (κ2) is 4.41. The molecule has 1 N–H and O–H groups in total. The molecule has 3 rings (SSSR count). The van der Waals surface area contributed by atoms with E-state index in [9.17, 15) is 0 Å². The number of anilines is 1. The van der Waals surface area contributed by atoms with Crippen LogP contribution in [-0.2, 0) is 11.8 Å². The molecular formula is C18H21N. The number of hydrogen-bond donors (Lipinski definition) is 1. The molecule has 0 amide bonds. The average molecular weight is 251 g/mol. The molecular weight excluding hydrogens is 230 g/mol. The van der Waals surface area contributed by atoms with E-state index in [0.717, 1.165) is 13.0 Å². The van der Waals surface area contributed by atoms with Crippen molar-refractivity contribution in [3.63, 3.8) is 0 Å². The number of hydrogen-bond acceptors (Lipinski definition) is 1. The molecule has 0 aromatic heterocycles. The minimum atomic E-state index is 0.221. The highest BCUT2D eigenvalue weighted by molar-refractivity contribution is 5.75. The van der Waals surface area contributed by atoms with Crippen LogP contribution in [0.5, 0.6) is 0 Å². The van der Waals surface area contributed by atoms with Gasteiger partial charge < -0.3 is 5.32 Å². The van der Waals surface area contributed by atoms with Crippen LogP contribution in [0.2, 0.25) is 0 Å². The fourth-order valence-electron chi connectivity index (χ4n) is 2.76. The molecule has 98 valence electrons. The number of rotatable bonds is 1. The quantitative estimate of drug-likeness (QED) is 0.780. The standard InChI is InChI=1S/C18H21N/c1-18(2,3)14-9-7-13(8-10-14)15-5-4-6-17-16(15)11-12-19-17/h4-10,19H,11-12H2,1-3H3. The zero-order valence-corrected chi connectivity index (χ0v) is 12.0. The Bertz CT molecular complexity index is 588. The molecule has 0 saturated carbocycles. The summed E-state index contributed by atoms with van der Waals surface area (Å²) in [6.45, 7) is 7.83. The fourth-order valence-corrected chi connectivity index (χ4v) is 2.76. The molecule has 0 unspecified atom stereocenters. The third-order valence-electron chi connectivity index (χ3n) is 3.93. The highest BCUT2D eigenvalue weighted by Crippen LogP contribution is 2.33. The lowest BCUT2D eigenvalue weighted by Gasteiger charge is -2.19. The second-order valence-electron chi connectivity index (χ2n) is 6.34. The van der Waals surface area contributed by atoms with Crippen LogP contribution >= 0.6 is 0 Å². The van der Waals surface area contributed by atoms with Gasteiger partial charge in [0.15, 0.2) is 0 Å². The van der Waals surface area contributed by atoms with E-state index >= 15 is 0 Å². The first-order chi connectivity index (χ1) is 9.05. The summed E-state index contributed by atoms with van der Waals surface area (Å²) in [5, 5.41) is 3.45. The summed E-state index contributed by atoms with van der Waals surface area (Å²) in [4.78, 5) is 0. The topological polar surface area (TPSA) is 12.0 Å². The molecule has 1 aliphatic heterocycles.